The zero-order valence-electron chi connectivity index (χ0n) is 9.02. The highest BCUT2D eigenvalue weighted by Crippen LogP contribution is 2.28. The molecule has 0 atom stereocenters. The Bertz CT molecular complexity index is 582. The Hall–Kier alpha value is -0.910. The first kappa shape index (κ1) is 13.5. The van der Waals surface area contributed by atoms with Crippen molar-refractivity contribution >= 4 is 45.3 Å². The maximum Gasteiger partial charge on any atom is 0.337 e. The van der Waals surface area contributed by atoms with Gasteiger partial charge in [0, 0.05) is 4.90 Å². The highest BCUT2D eigenvalue weighted by atomic mass is 79.9. The van der Waals surface area contributed by atoms with Crippen molar-refractivity contribution in [2.75, 3.05) is 0 Å². The van der Waals surface area contributed by atoms with E-state index in [2.05, 4.69) is 15.9 Å². The van der Waals surface area contributed by atoms with Crippen molar-refractivity contribution in [1.82, 2.24) is 0 Å². The van der Waals surface area contributed by atoms with Gasteiger partial charge >= 0.3 is 5.97 Å². The van der Waals surface area contributed by atoms with E-state index < -0.39 is 5.97 Å². The molecule has 94 valence electrons. The van der Waals surface area contributed by atoms with Crippen LogP contribution in [0.25, 0.3) is 0 Å². The molecular weight excluding hydrogens is 340 g/mol. The maximum atomic E-state index is 10.9. The molecule has 0 aliphatic carbocycles. The van der Waals surface area contributed by atoms with Crippen LogP contribution >= 0.6 is 39.3 Å². The van der Waals surface area contributed by atoms with Gasteiger partial charge in [-0.1, -0.05) is 11.6 Å². The molecule has 2 rings (SSSR count). The van der Waals surface area contributed by atoms with Gasteiger partial charge in [-0.25, -0.2) is 4.79 Å². The van der Waals surface area contributed by atoms with Crippen LogP contribution in [-0.4, -0.2) is 11.1 Å². The van der Waals surface area contributed by atoms with Crippen molar-refractivity contribution in [2.45, 2.75) is 10.6 Å². The third-order valence-corrected chi connectivity index (χ3v) is 3.95. The Morgan fingerprint density at radius 1 is 1.39 bits per heavy atom. The second-order valence-corrected chi connectivity index (χ2v) is 5.68. The number of hydrogen-bond donors (Lipinski definition) is 1. The molecule has 1 aromatic heterocycles. The summed E-state index contributed by atoms with van der Waals surface area (Å²) in [7, 11) is 0. The lowest BCUT2D eigenvalue weighted by Gasteiger charge is -2.03. The Labute approximate surface area is 121 Å². The molecule has 0 bridgehead atoms. The maximum absolute atomic E-state index is 10.9. The lowest BCUT2D eigenvalue weighted by Crippen LogP contribution is -1.97. The van der Waals surface area contributed by atoms with Crippen LogP contribution in [-0.2, 0) is 5.75 Å². The van der Waals surface area contributed by atoms with Gasteiger partial charge in [0.15, 0.2) is 4.67 Å². The summed E-state index contributed by atoms with van der Waals surface area (Å²) in [6, 6.07) is 8.63. The van der Waals surface area contributed by atoms with E-state index in [9.17, 15) is 4.79 Å². The van der Waals surface area contributed by atoms with Crippen molar-refractivity contribution < 1.29 is 14.3 Å². The lowest BCUT2D eigenvalue weighted by molar-refractivity contribution is 0.0697. The van der Waals surface area contributed by atoms with Crippen molar-refractivity contribution in [3.8, 4) is 0 Å². The molecule has 6 heteroatoms. The fourth-order valence-electron chi connectivity index (χ4n) is 1.34. The summed E-state index contributed by atoms with van der Waals surface area (Å²) in [5.74, 6) is 0.425. The van der Waals surface area contributed by atoms with E-state index in [4.69, 9.17) is 21.1 Å². The molecule has 1 heterocycles. The minimum atomic E-state index is -1.02. The van der Waals surface area contributed by atoms with E-state index in [0.29, 0.717) is 10.4 Å². The molecule has 0 spiro atoms. The van der Waals surface area contributed by atoms with Crippen molar-refractivity contribution in [2.24, 2.45) is 0 Å². The Morgan fingerprint density at radius 3 is 2.78 bits per heavy atom. The molecule has 18 heavy (non-hydrogen) atoms. The molecule has 2 aromatic rings. The van der Waals surface area contributed by atoms with Crippen LogP contribution in [0, 0.1) is 0 Å². The Morgan fingerprint density at radius 2 is 2.17 bits per heavy atom. The van der Waals surface area contributed by atoms with Crippen LogP contribution in [0.3, 0.4) is 0 Å². The number of benzene rings is 1. The summed E-state index contributed by atoms with van der Waals surface area (Å²) >= 11 is 10.5. The van der Waals surface area contributed by atoms with Crippen molar-refractivity contribution in [3.63, 3.8) is 0 Å². The van der Waals surface area contributed by atoms with E-state index in [0.717, 1.165) is 10.7 Å². The quantitative estimate of drug-likeness (QED) is 0.815. The van der Waals surface area contributed by atoms with Crippen LogP contribution in [0.2, 0.25) is 5.02 Å². The molecule has 0 saturated carbocycles. The molecule has 1 N–H and O–H groups in total. The third kappa shape index (κ3) is 3.31. The topological polar surface area (TPSA) is 50.4 Å². The van der Waals surface area contributed by atoms with Gasteiger partial charge < -0.3 is 9.52 Å². The minimum Gasteiger partial charge on any atom is -0.478 e. The van der Waals surface area contributed by atoms with Crippen molar-refractivity contribution in [3.05, 3.63) is 51.3 Å². The highest BCUT2D eigenvalue weighted by molar-refractivity contribution is 9.10. The van der Waals surface area contributed by atoms with Gasteiger partial charge in [0.25, 0.3) is 0 Å². The van der Waals surface area contributed by atoms with Gasteiger partial charge in [-0.15, -0.1) is 11.8 Å². The van der Waals surface area contributed by atoms with Gasteiger partial charge in [-0.05, 0) is 46.3 Å². The number of thioether (sulfide) groups is 1. The first-order chi connectivity index (χ1) is 8.56. The normalized spacial score (nSPS) is 10.6. The molecule has 0 amide bonds. The lowest BCUT2D eigenvalue weighted by atomic mass is 10.2. The molecule has 0 aliphatic heterocycles. The molecule has 0 radical (unpaired) electrons. The van der Waals surface area contributed by atoms with Crippen LogP contribution in [0.5, 0.6) is 0 Å². The molecule has 1 aromatic carbocycles. The predicted octanol–water partition coefficient (Wildman–Crippen LogP) is 4.69. The third-order valence-electron chi connectivity index (χ3n) is 2.18. The van der Waals surface area contributed by atoms with Gasteiger partial charge in [0.2, 0.25) is 0 Å². The predicted molar refractivity (Wildman–Crippen MR) is 74.4 cm³/mol. The summed E-state index contributed by atoms with van der Waals surface area (Å²) in [4.78, 5) is 11.8. The van der Waals surface area contributed by atoms with E-state index >= 15 is 0 Å². The molecular formula is C12H8BrClO3S. The Balaban J connectivity index is 2.10. The Kier molecular flexibility index (Phi) is 4.37. The number of carboxylic acid groups (broad SMARTS) is 1. The largest absolute Gasteiger partial charge is 0.478 e. The number of rotatable bonds is 4. The highest BCUT2D eigenvalue weighted by Gasteiger charge is 2.10. The fourth-order valence-corrected chi connectivity index (χ4v) is 2.71. The van der Waals surface area contributed by atoms with Crippen LogP contribution in [0.15, 0.2) is 44.3 Å². The summed E-state index contributed by atoms with van der Waals surface area (Å²) in [5.41, 5.74) is 0.113. The first-order valence-corrected chi connectivity index (χ1v) is 7.12. The number of carboxylic acids is 1. The van der Waals surface area contributed by atoms with Gasteiger partial charge in [-0.3, -0.25) is 0 Å². The monoisotopic (exact) mass is 346 g/mol. The first-order valence-electron chi connectivity index (χ1n) is 4.96. The standard InChI is InChI=1S/C12H8BrClO3S/c13-11-4-1-7(17-11)6-18-8-2-3-10(14)9(5-8)12(15)16/h1-5H,6H2,(H,15,16). The van der Waals surface area contributed by atoms with Crippen LogP contribution < -0.4 is 0 Å². The van der Waals surface area contributed by atoms with Gasteiger partial charge in [-0.2, -0.15) is 0 Å². The SMILES string of the molecule is O=C(O)c1cc(SCc2ccc(Br)o2)ccc1Cl. The van der Waals surface area contributed by atoms with E-state index in [1.54, 1.807) is 18.2 Å². The average molecular weight is 348 g/mol. The van der Waals surface area contributed by atoms with Gasteiger partial charge in [0.05, 0.1) is 16.3 Å². The van der Waals surface area contributed by atoms with E-state index in [-0.39, 0.29) is 10.6 Å². The number of halogens is 2. The zero-order valence-corrected chi connectivity index (χ0v) is 12.2. The molecule has 0 fully saturated rings. The van der Waals surface area contributed by atoms with Gasteiger partial charge in [0.1, 0.15) is 5.76 Å². The molecule has 0 aliphatic rings. The molecule has 0 saturated heterocycles. The molecule has 0 unspecified atom stereocenters. The summed E-state index contributed by atoms with van der Waals surface area (Å²) in [5, 5.41) is 9.20. The second kappa shape index (κ2) is 5.82. The summed E-state index contributed by atoms with van der Waals surface area (Å²) in [6.45, 7) is 0. The van der Waals surface area contributed by atoms with E-state index in [1.165, 1.54) is 11.8 Å². The number of aromatic carboxylic acids is 1. The zero-order chi connectivity index (χ0) is 13.1. The minimum absolute atomic E-state index is 0.113. The van der Waals surface area contributed by atoms with Crippen molar-refractivity contribution in [1.29, 1.82) is 0 Å². The molecule has 3 nitrogen and oxygen atoms in total. The number of carbonyl (C=O) groups is 1. The average Bonchev–Trinajstić information content (AvgIpc) is 2.74. The van der Waals surface area contributed by atoms with Crippen LogP contribution in [0.4, 0.5) is 0 Å². The number of hydrogen-bond acceptors (Lipinski definition) is 3. The second-order valence-electron chi connectivity index (χ2n) is 3.44. The van der Waals surface area contributed by atoms with E-state index in [1.807, 2.05) is 12.1 Å². The smallest absolute Gasteiger partial charge is 0.337 e. The fraction of sp³-hybridized carbons (Fsp3) is 0.0833. The summed E-state index contributed by atoms with van der Waals surface area (Å²) in [6.07, 6.45) is 0. The van der Waals surface area contributed by atoms with Crippen LogP contribution in [0.1, 0.15) is 16.1 Å². The summed E-state index contributed by atoms with van der Waals surface area (Å²) < 4.78 is 6.04. The number of furan rings is 1.